The van der Waals surface area contributed by atoms with E-state index in [1.807, 2.05) is 0 Å². The van der Waals surface area contributed by atoms with Crippen molar-refractivity contribution in [3.63, 3.8) is 0 Å². The minimum atomic E-state index is 0.606. The van der Waals surface area contributed by atoms with Crippen molar-refractivity contribution in [1.29, 1.82) is 0 Å². The van der Waals surface area contributed by atoms with Gasteiger partial charge >= 0.3 is 0 Å². The molecule has 0 N–H and O–H groups in total. The van der Waals surface area contributed by atoms with Gasteiger partial charge in [0.1, 0.15) is 0 Å². The van der Waals surface area contributed by atoms with Crippen LogP contribution in [0, 0.1) is 5.92 Å². The molecule has 1 rings (SSSR count). The van der Waals surface area contributed by atoms with E-state index in [1.54, 1.807) is 0 Å². The highest BCUT2D eigenvalue weighted by Gasteiger charge is 2.21. The molecule has 1 aliphatic heterocycles. The first-order valence-corrected chi connectivity index (χ1v) is 5.74. The number of hydrogen-bond donors (Lipinski definition) is 0. The Kier molecular flexibility index (Phi) is 4.82. The Balaban J connectivity index is 2.20. The van der Waals surface area contributed by atoms with Crippen molar-refractivity contribution in [3.05, 3.63) is 12.2 Å². The molecule has 2 heteroatoms. The summed E-state index contributed by atoms with van der Waals surface area (Å²) in [6.07, 6.45) is 4.06. The normalized spacial score (nSPS) is 23.7. The molecule has 1 saturated heterocycles. The van der Waals surface area contributed by atoms with Crippen molar-refractivity contribution in [3.8, 4) is 0 Å². The van der Waals surface area contributed by atoms with E-state index < -0.39 is 0 Å². The van der Waals surface area contributed by atoms with Crippen LogP contribution in [-0.4, -0.2) is 30.4 Å². The molecule has 0 aromatic heterocycles. The molecule has 1 fully saturated rings. The van der Waals surface area contributed by atoms with E-state index in [4.69, 9.17) is 11.6 Å². The third kappa shape index (κ3) is 3.70. The maximum absolute atomic E-state index is 5.70. The lowest BCUT2D eigenvalue weighted by molar-refractivity contribution is 0.346. The fraction of sp³-hybridized carbons (Fsp3) is 0.818. The predicted molar refractivity (Wildman–Crippen MR) is 59.3 cm³/mol. The fourth-order valence-corrected chi connectivity index (χ4v) is 2.14. The third-order valence-electron chi connectivity index (χ3n) is 2.70. The Labute approximate surface area is 86.8 Å². The quantitative estimate of drug-likeness (QED) is 0.489. The average Bonchev–Trinajstić information content (AvgIpc) is 2.53. The molecule has 1 heterocycles. The van der Waals surface area contributed by atoms with Gasteiger partial charge in [0, 0.05) is 19.0 Å². The average molecular weight is 202 g/mol. The molecule has 1 unspecified atom stereocenters. The lowest BCUT2D eigenvalue weighted by Gasteiger charge is -2.16. The van der Waals surface area contributed by atoms with Crippen molar-refractivity contribution < 1.29 is 0 Å². The number of halogens is 1. The molecule has 0 aromatic rings. The van der Waals surface area contributed by atoms with Gasteiger partial charge in [-0.25, -0.2) is 0 Å². The van der Waals surface area contributed by atoms with E-state index in [1.165, 1.54) is 32.4 Å². The second-order valence-corrected chi connectivity index (χ2v) is 4.33. The second kappa shape index (κ2) is 5.66. The molecule has 1 atom stereocenters. The largest absolute Gasteiger partial charge is 0.299 e. The molecule has 0 aliphatic carbocycles. The third-order valence-corrected chi connectivity index (χ3v) is 3.08. The van der Waals surface area contributed by atoms with Crippen LogP contribution in [0.2, 0.25) is 0 Å². The van der Waals surface area contributed by atoms with Gasteiger partial charge in [0.15, 0.2) is 0 Å². The summed E-state index contributed by atoms with van der Waals surface area (Å²) in [5, 5.41) is 0. The molecule has 0 saturated carbocycles. The smallest absolute Gasteiger partial charge is 0.0443 e. The maximum Gasteiger partial charge on any atom is 0.0443 e. The molecule has 1 nitrogen and oxygen atoms in total. The van der Waals surface area contributed by atoms with Gasteiger partial charge in [-0.2, -0.15) is 0 Å². The maximum atomic E-state index is 5.70. The van der Waals surface area contributed by atoms with E-state index in [9.17, 15) is 0 Å². The van der Waals surface area contributed by atoms with Gasteiger partial charge < -0.3 is 0 Å². The molecule has 0 radical (unpaired) electrons. The standard InChI is InChI=1S/C11H20ClN/c1-3-4-11-5-6-13(9-11)8-10(2)7-12/h11H,2-9H2,1H3. The van der Waals surface area contributed by atoms with E-state index in [-0.39, 0.29) is 0 Å². The molecule has 13 heavy (non-hydrogen) atoms. The Morgan fingerprint density at radius 3 is 3.00 bits per heavy atom. The fourth-order valence-electron chi connectivity index (χ4n) is 2.06. The van der Waals surface area contributed by atoms with E-state index in [0.717, 1.165) is 18.0 Å². The van der Waals surface area contributed by atoms with Crippen molar-refractivity contribution >= 4 is 11.6 Å². The minimum absolute atomic E-state index is 0.606. The van der Waals surface area contributed by atoms with Gasteiger partial charge in [0.25, 0.3) is 0 Å². The van der Waals surface area contributed by atoms with Crippen LogP contribution in [0.5, 0.6) is 0 Å². The van der Waals surface area contributed by atoms with Crippen LogP contribution in [0.3, 0.4) is 0 Å². The summed E-state index contributed by atoms with van der Waals surface area (Å²) in [6.45, 7) is 9.69. The number of likely N-dealkylation sites (tertiary alicyclic amines) is 1. The van der Waals surface area contributed by atoms with Crippen LogP contribution in [0.15, 0.2) is 12.2 Å². The first-order valence-electron chi connectivity index (χ1n) is 5.21. The topological polar surface area (TPSA) is 3.24 Å². The highest BCUT2D eigenvalue weighted by atomic mass is 35.5. The molecular weight excluding hydrogens is 182 g/mol. The zero-order valence-electron chi connectivity index (χ0n) is 8.56. The summed E-state index contributed by atoms with van der Waals surface area (Å²) < 4.78 is 0. The number of nitrogens with zero attached hydrogens (tertiary/aromatic N) is 1. The van der Waals surface area contributed by atoms with E-state index >= 15 is 0 Å². The van der Waals surface area contributed by atoms with Crippen LogP contribution in [-0.2, 0) is 0 Å². The van der Waals surface area contributed by atoms with Gasteiger partial charge in [-0.05, 0) is 30.9 Å². The van der Waals surface area contributed by atoms with Gasteiger partial charge in [-0.15, -0.1) is 11.6 Å². The Morgan fingerprint density at radius 1 is 1.62 bits per heavy atom. The van der Waals surface area contributed by atoms with Crippen LogP contribution in [0.25, 0.3) is 0 Å². The lowest BCUT2D eigenvalue weighted by atomic mass is 10.0. The van der Waals surface area contributed by atoms with Gasteiger partial charge in [-0.1, -0.05) is 19.9 Å². The lowest BCUT2D eigenvalue weighted by Crippen LogP contribution is -2.23. The van der Waals surface area contributed by atoms with Gasteiger partial charge in [-0.3, -0.25) is 4.90 Å². The predicted octanol–water partition coefficient (Wildman–Crippen LogP) is 2.90. The van der Waals surface area contributed by atoms with Crippen molar-refractivity contribution in [2.24, 2.45) is 5.92 Å². The van der Waals surface area contributed by atoms with Crippen LogP contribution in [0.1, 0.15) is 26.2 Å². The molecule has 0 spiro atoms. The monoisotopic (exact) mass is 201 g/mol. The first kappa shape index (κ1) is 11.1. The van der Waals surface area contributed by atoms with Crippen molar-refractivity contribution in [1.82, 2.24) is 4.90 Å². The van der Waals surface area contributed by atoms with E-state index in [0.29, 0.717) is 5.88 Å². The number of rotatable bonds is 5. The van der Waals surface area contributed by atoms with E-state index in [2.05, 4.69) is 18.4 Å². The zero-order chi connectivity index (χ0) is 9.68. The Morgan fingerprint density at radius 2 is 2.38 bits per heavy atom. The van der Waals surface area contributed by atoms with Crippen molar-refractivity contribution in [2.45, 2.75) is 26.2 Å². The summed E-state index contributed by atoms with van der Waals surface area (Å²) in [7, 11) is 0. The van der Waals surface area contributed by atoms with Crippen LogP contribution in [0.4, 0.5) is 0 Å². The summed E-state index contributed by atoms with van der Waals surface area (Å²) in [6, 6.07) is 0. The highest BCUT2D eigenvalue weighted by molar-refractivity contribution is 6.19. The number of hydrogen-bond acceptors (Lipinski definition) is 1. The van der Waals surface area contributed by atoms with Gasteiger partial charge in [0.2, 0.25) is 0 Å². The molecule has 0 bridgehead atoms. The Bertz CT molecular complexity index is 167. The number of alkyl halides is 1. The summed E-state index contributed by atoms with van der Waals surface area (Å²) in [4.78, 5) is 2.48. The molecule has 0 aromatic carbocycles. The minimum Gasteiger partial charge on any atom is -0.299 e. The first-order chi connectivity index (χ1) is 6.26. The highest BCUT2D eigenvalue weighted by Crippen LogP contribution is 2.21. The van der Waals surface area contributed by atoms with Crippen LogP contribution < -0.4 is 0 Å². The van der Waals surface area contributed by atoms with Gasteiger partial charge in [0.05, 0.1) is 0 Å². The van der Waals surface area contributed by atoms with Crippen LogP contribution >= 0.6 is 11.6 Å². The molecule has 76 valence electrons. The zero-order valence-corrected chi connectivity index (χ0v) is 9.32. The molecule has 1 aliphatic rings. The molecule has 0 amide bonds. The summed E-state index contributed by atoms with van der Waals surface area (Å²) >= 11 is 5.70. The SMILES string of the molecule is C=C(CCl)CN1CCC(CCC)C1. The van der Waals surface area contributed by atoms with Crippen molar-refractivity contribution in [2.75, 3.05) is 25.5 Å². The molecular formula is C11H20ClN. The second-order valence-electron chi connectivity index (χ2n) is 4.06. The summed E-state index contributed by atoms with van der Waals surface area (Å²) in [5.74, 6) is 1.53. The Hall–Kier alpha value is -0.0100. The summed E-state index contributed by atoms with van der Waals surface area (Å²) in [5.41, 5.74) is 1.15.